The molecule has 0 spiro atoms. The van der Waals surface area contributed by atoms with Crippen LogP contribution in [0.3, 0.4) is 0 Å². The molecule has 0 N–H and O–H groups in total. The molecule has 1 aromatic rings. The number of ketones is 1. The summed E-state index contributed by atoms with van der Waals surface area (Å²) in [7, 11) is 0. The first-order valence-corrected chi connectivity index (χ1v) is 5.98. The molecule has 1 nitrogen and oxygen atoms in total. The third-order valence-electron chi connectivity index (χ3n) is 3.32. The van der Waals surface area contributed by atoms with Crippen LogP contribution in [0.15, 0.2) is 23.8 Å². The zero-order valence-corrected chi connectivity index (χ0v) is 10.0. The molecule has 1 heteroatoms. The standard InChI is InChI=1S/C15H18O/c1-11-6-5-7-12(2)14(11)10-13-8-3-4-9-15(13)16/h5-7,10H,3-4,8-9H2,1-2H3/b13-10-. The highest BCUT2D eigenvalue weighted by atomic mass is 16.1. The lowest BCUT2D eigenvalue weighted by Gasteiger charge is -2.14. The van der Waals surface area contributed by atoms with Crippen LogP contribution in [-0.2, 0) is 4.79 Å². The van der Waals surface area contributed by atoms with Gasteiger partial charge in [0.2, 0.25) is 0 Å². The van der Waals surface area contributed by atoms with Crippen LogP contribution in [0.1, 0.15) is 42.4 Å². The van der Waals surface area contributed by atoms with Crippen molar-refractivity contribution in [3.8, 4) is 0 Å². The van der Waals surface area contributed by atoms with Gasteiger partial charge in [0.1, 0.15) is 0 Å². The maximum atomic E-state index is 11.8. The molecule has 0 saturated heterocycles. The maximum absolute atomic E-state index is 11.8. The fourth-order valence-corrected chi connectivity index (χ4v) is 2.28. The fraction of sp³-hybridized carbons (Fsp3) is 0.400. The van der Waals surface area contributed by atoms with E-state index in [0.717, 1.165) is 31.3 Å². The zero-order chi connectivity index (χ0) is 11.5. The van der Waals surface area contributed by atoms with Crippen molar-refractivity contribution in [2.75, 3.05) is 0 Å². The summed E-state index contributed by atoms with van der Waals surface area (Å²) in [5, 5.41) is 0. The van der Waals surface area contributed by atoms with Gasteiger partial charge in [-0.1, -0.05) is 18.2 Å². The number of carbonyl (C=O) groups is 1. The molecule has 1 aliphatic carbocycles. The number of allylic oxidation sites excluding steroid dienone is 1. The van der Waals surface area contributed by atoms with Crippen LogP contribution in [0.2, 0.25) is 0 Å². The third kappa shape index (κ3) is 2.24. The summed E-state index contributed by atoms with van der Waals surface area (Å²) in [6.07, 6.45) is 6.00. The number of Topliss-reactive ketones (excluding diaryl/α,β-unsaturated/α-hetero) is 1. The van der Waals surface area contributed by atoms with Gasteiger partial charge in [-0.05, 0) is 61.4 Å². The van der Waals surface area contributed by atoms with Gasteiger partial charge >= 0.3 is 0 Å². The van der Waals surface area contributed by atoms with Gasteiger partial charge in [-0.3, -0.25) is 4.79 Å². The van der Waals surface area contributed by atoms with E-state index in [-0.39, 0.29) is 0 Å². The van der Waals surface area contributed by atoms with E-state index in [2.05, 4.69) is 38.1 Å². The highest BCUT2D eigenvalue weighted by Gasteiger charge is 2.15. The SMILES string of the molecule is Cc1cccc(C)c1/C=C1/CCCCC1=O. The van der Waals surface area contributed by atoms with Gasteiger partial charge in [-0.15, -0.1) is 0 Å². The van der Waals surface area contributed by atoms with Gasteiger partial charge in [0.05, 0.1) is 0 Å². The summed E-state index contributed by atoms with van der Waals surface area (Å²) in [4.78, 5) is 11.8. The van der Waals surface area contributed by atoms with Crippen LogP contribution in [0.4, 0.5) is 0 Å². The van der Waals surface area contributed by atoms with Crippen molar-refractivity contribution < 1.29 is 4.79 Å². The van der Waals surface area contributed by atoms with Crippen LogP contribution in [0.5, 0.6) is 0 Å². The van der Waals surface area contributed by atoms with Gasteiger partial charge < -0.3 is 0 Å². The van der Waals surface area contributed by atoms with E-state index < -0.39 is 0 Å². The minimum atomic E-state index is 0.342. The lowest BCUT2D eigenvalue weighted by Crippen LogP contribution is -2.08. The van der Waals surface area contributed by atoms with Gasteiger partial charge in [-0.2, -0.15) is 0 Å². The van der Waals surface area contributed by atoms with E-state index in [4.69, 9.17) is 0 Å². The molecule has 0 amide bonds. The Morgan fingerprint density at radius 2 is 1.69 bits per heavy atom. The normalized spacial score (nSPS) is 19.1. The Bertz CT molecular complexity index is 420. The van der Waals surface area contributed by atoms with E-state index in [9.17, 15) is 4.79 Å². The molecule has 1 aliphatic rings. The molecule has 84 valence electrons. The van der Waals surface area contributed by atoms with Crippen LogP contribution in [0.25, 0.3) is 6.08 Å². The monoisotopic (exact) mass is 214 g/mol. The average molecular weight is 214 g/mol. The van der Waals surface area contributed by atoms with Crippen molar-refractivity contribution in [3.63, 3.8) is 0 Å². The Balaban J connectivity index is 2.38. The predicted molar refractivity (Wildman–Crippen MR) is 67.4 cm³/mol. The highest BCUT2D eigenvalue weighted by Crippen LogP contribution is 2.24. The number of benzene rings is 1. The Kier molecular flexibility index (Phi) is 3.23. The molecule has 0 aliphatic heterocycles. The smallest absolute Gasteiger partial charge is 0.158 e. The van der Waals surface area contributed by atoms with Gasteiger partial charge in [0, 0.05) is 6.42 Å². The molecule has 2 rings (SSSR count). The predicted octanol–water partition coefficient (Wildman–Crippen LogP) is 3.83. The number of aryl methyl sites for hydroxylation is 2. The minimum absolute atomic E-state index is 0.342. The molecule has 0 unspecified atom stereocenters. The highest BCUT2D eigenvalue weighted by molar-refractivity contribution is 6.00. The van der Waals surface area contributed by atoms with Crippen molar-refractivity contribution in [1.82, 2.24) is 0 Å². The number of hydrogen-bond acceptors (Lipinski definition) is 1. The first kappa shape index (κ1) is 11.1. The van der Waals surface area contributed by atoms with Crippen LogP contribution in [0, 0.1) is 13.8 Å². The third-order valence-corrected chi connectivity index (χ3v) is 3.32. The number of carbonyl (C=O) groups excluding carboxylic acids is 1. The Morgan fingerprint density at radius 3 is 2.31 bits per heavy atom. The summed E-state index contributed by atoms with van der Waals surface area (Å²) >= 11 is 0. The molecule has 0 bridgehead atoms. The molecular formula is C15H18O. The summed E-state index contributed by atoms with van der Waals surface area (Å²) in [6.45, 7) is 4.21. The molecule has 0 heterocycles. The van der Waals surface area contributed by atoms with Gasteiger partial charge in [-0.25, -0.2) is 0 Å². The van der Waals surface area contributed by atoms with E-state index in [1.54, 1.807) is 0 Å². The summed E-state index contributed by atoms with van der Waals surface area (Å²) in [5.74, 6) is 0.342. The van der Waals surface area contributed by atoms with Crippen molar-refractivity contribution in [2.24, 2.45) is 0 Å². The Morgan fingerprint density at radius 1 is 1.06 bits per heavy atom. The second-order valence-corrected chi connectivity index (χ2v) is 4.61. The lowest BCUT2D eigenvalue weighted by atomic mass is 9.90. The molecule has 16 heavy (non-hydrogen) atoms. The Labute approximate surface area is 97.2 Å². The summed E-state index contributed by atoms with van der Waals surface area (Å²) < 4.78 is 0. The average Bonchev–Trinajstić information content (AvgIpc) is 2.26. The molecular weight excluding hydrogens is 196 g/mol. The molecule has 1 aromatic carbocycles. The van der Waals surface area contributed by atoms with Crippen molar-refractivity contribution in [1.29, 1.82) is 0 Å². The van der Waals surface area contributed by atoms with Crippen molar-refractivity contribution in [2.45, 2.75) is 39.5 Å². The number of hydrogen-bond donors (Lipinski definition) is 0. The van der Waals surface area contributed by atoms with Crippen LogP contribution >= 0.6 is 0 Å². The minimum Gasteiger partial charge on any atom is -0.295 e. The van der Waals surface area contributed by atoms with Crippen molar-refractivity contribution >= 4 is 11.9 Å². The van der Waals surface area contributed by atoms with E-state index >= 15 is 0 Å². The van der Waals surface area contributed by atoms with Crippen LogP contribution in [-0.4, -0.2) is 5.78 Å². The Hall–Kier alpha value is -1.37. The first-order valence-electron chi connectivity index (χ1n) is 5.98. The van der Waals surface area contributed by atoms with E-state index in [0.29, 0.717) is 5.78 Å². The molecule has 0 atom stereocenters. The summed E-state index contributed by atoms with van der Waals surface area (Å²) in [6, 6.07) is 6.27. The first-order chi connectivity index (χ1) is 7.68. The molecule has 0 radical (unpaired) electrons. The molecule has 1 fully saturated rings. The second-order valence-electron chi connectivity index (χ2n) is 4.61. The zero-order valence-electron chi connectivity index (χ0n) is 10.0. The lowest BCUT2D eigenvalue weighted by molar-refractivity contribution is -0.116. The second kappa shape index (κ2) is 4.65. The molecule has 0 aromatic heterocycles. The van der Waals surface area contributed by atoms with Gasteiger partial charge in [0.15, 0.2) is 5.78 Å². The van der Waals surface area contributed by atoms with Crippen molar-refractivity contribution in [3.05, 3.63) is 40.5 Å². The maximum Gasteiger partial charge on any atom is 0.158 e. The number of rotatable bonds is 1. The van der Waals surface area contributed by atoms with E-state index in [1.165, 1.54) is 16.7 Å². The largest absolute Gasteiger partial charge is 0.295 e. The summed E-state index contributed by atoms with van der Waals surface area (Å²) in [5.41, 5.74) is 4.76. The quantitative estimate of drug-likeness (QED) is 0.649. The van der Waals surface area contributed by atoms with E-state index in [1.807, 2.05) is 0 Å². The molecule has 1 saturated carbocycles. The fourth-order valence-electron chi connectivity index (χ4n) is 2.28. The van der Waals surface area contributed by atoms with Crippen LogP contribution < -0.4 is 0 Å². The van der Waals surface area contributed by atoms with Gasteiger partial charge in [0.25, 0.3) is 0 Å². The topological polar surface area (TPSA) is 17.1 Å².